The van der Waals surface area contributed by atoms with Crippen molar-refractivity contribution in [1.82, 2.24) is 9.97 Å². The van der Waals surface area contributed by atoms with Crippen LogP contribution in [0.15, 0.2) is 9.59 Å². The number of hydrogen-bond donors (Lipinski definition) is 4. The number of carbonyl (C=O) groups is 1. The third-order valence-corrected chi connectivity index (χ3v) is 2.09. The predicted molar refractivity (Wildman–Crippen MR) is 54.5 cm³/mol. The summed E-state index contributed by atoms with van der Waals surface area (Å²) < 4.78 is 0. The van der Waals surface area contributed by atoms with Gasteiger partial charge in [-0.2, -0.15) is 0 Å². The van der Waals surface area contributed by atoms with Crippen molar-refractivity contribution in [2.75, 3.05) is 0 Å². The van der Waals surface area contributed by atoms with E-state index in [-0.39, 0.29) is 18.4 Å². The molecule has 1 aromatic rings. The number of unbranched alkanes of at least 4 members (excludes halogenated alkanes) is 1. The van der Waals surface area contributed by atoms with Gasteiger partial charge in [0.2, 0.25) is 5.88 Å². The van der Waals surface area contributed by atoms with Crippen LogP contribution in [0.3, 0.4) is 0 Å². The molecule has 0 unspecified atom stereocenters. The number of carboxylic acid groups (broad SMARTS) is 1. The molecule has 16 heavy (non-hydrogen) atoms. The quantitative estimate of drug-likeness (QED) is 0.509. The van der Waals surface area contributed by atoms with E-state index in [9.17, 15) is 19.5 Å². The molecule has 0 atom stereocenters. The Balaban J connectivity index is 2.64. The summed E-state index contributed by atoms with van der Waals surface area (Å²) in [7, 11) is 0. The molecule has 0 saturated heterocycles. The molecule has 0 bridgehead atoms. The Bertz CT molecular complexity index is 487. The SMILES string of the molecule is O=C(O)CCCCc1c(O)[nH]c(=O)[nH]c1=O. The van der Waals surface area contributed by atoms with Crippen molar-refractivity contribution in [2.45, 2.75) is 25.7 Å². The van der Waals surface area contributed by atoms with Gasteiger partial charge in [0.1, 0.15) is 0 Å². The fourth-order valence-corrected chi connectivity index (χ4v) is 1.31. The van der Waals surface area contributed by atoms with Gasteiger partial charge in [-0.3, -0.25) is 19.6 Å². The summed E-state index contributed by atoms with van der Waals surface area (Å²) in [5, 5.41) is 17.7. The molecule has 0 radical (unpaired) electrons. The normalized spacial score (nSPS) is 10.2. The van der Waals surface area contributed by atoms with Crippen LogP contribution in [0.25, 0.3) is 0 Å². The first-order chi connectivity index (χ1) is 7.50. The molecule has 7 nitrogen and oxygen atoms in total. The van der Waals surface area contributed by atoms with Gasteiger partial charge < -0.3 is 10.2 Å². The fraction of sp³-hybridized carbons (Fsp3) is 0.444. The minimum atomic E-state index is -0.903. The summed E-state index contributed by atoms with van der Waals surface area (Å²) in [6.45, 7) is 0. The largest absolute Gasteiger partial charge is 0.494 e. The molecule has 0 aliphatic heterocycles. The Hall–Kier alpha value is -2.05. The minimum absolute atomic E-state index is 0.0159. The van der Waals surface area contributed by atoms with Crippen LogP contribution in [0, 0.1) is 0 Å². The molecule has 0 amide bonds. The Morgan fingerprint density at radius 2 is 1.88 bits per heavy atom. The van der Waals surface area contributed by atoms with Crippen molar-refractivity contribution in [1.29, 1.82) is 0 Å². The van der Waals surface area contributed by atoms with E-state index < -0.39 is 23.1 Å². The number of hydrogen-bond acceptors (Lipinski definition) is 4. The highest BCUT2D eigenvalue weighted by atomic mass is 16.4. The standard InChI is InChI=1S/C9H12N2O5/c12-6(13)4-2-1-3-5-7(14)10-9(16)11-8(5)15/h1-4H2,(H,12,13)(H3,10,11,14,15,16). The molecule has 4 N–H and O–H groups in total. The first kappa shape index (κ1) is 12.0. The predicted octanol–water partition coefficient (Wildman–Crippen LogP) is -0.434. The summed E-state index contributed by atoms with van der Waals surface area (Å²) in [5.41, 5.74) is -1.33. The van der Waals surface area contributed by atoms with E-state index in [4.69, 9.17) is 5.11 Å². The van der Waals surface area contributed by atoms with Gasteiger partial charge >= 0.3 is 11.7 Å². The van der Waals surface area contributed by atoms with E-state index in [2.05, 4.69) is 4.98 Å². The van der Waals surface area contributed by atoms with Crippen molar-refractivity contribution >= 4 is 5.97 Å². The third kappa shape index (κ3) is 3.26. The zero-order chi connectivity index (χ0) is 12.1. The van der Waals surface area contributed by atoms with E-state index in [1.165, 1.54) is 0 Å². The van der Waals surface area contributed by atoms with Crippen LogP contribution < -0.4 is 11.2 Å². The van der Waals surface area contributed by atoms with Crippen LogP contribution in [0.1, 0.15) is 24.8 Å². The Morgan fingerprint density at radius 1 is 1.19 bits per heavy atom. The maximum absolute atomic E-state index is 11.2. The molecule has 0 aliphatic carbocycles. The highest BCUT2D eigenvalue weighted by Gasteiger charge is 2.08. The summed E-state index contributed by atoms with van der Waals surface area (Å²) in [4.78, 5) is 36.2. The third-order valence-electron chi connectivity index (χ3n) is 2.09. The fourth-order valence-electron chi connectivity index (χ4n) is 1.31. The highest BCUT2D eigenvalue weighted by Crippen LogP contribution is 2.09. The van der Waals surface area contributed by atoms with Crippen molar-refractivity contribution in [2.24, 2.45) is 0 Å². The lowest BCUT2D eigenvalue weighted by Gasteiger charge is -2.01. The number of rotatable bonds is 5. The molecule has 1 heterocycles. The lowest BCUT2D eigenvalue weighted by Crippen LogP contribution is -2.25. The summed E-state index contributed by atoms with van der Waals surface area (Å²) >= 11 is 0. The molecule has 1 aromatic heterocycles. The topological polar surface area (TPSA) is 123 Å². The van der Waals surface area contributed by atoms with Gasteiger partial charge in [-0.15, -0.1) is 0 Å². The lowest BCUT2D eigenvalue weighted by atomic mass is 10.1. The second-order valence-electron chi connectivity index (χ2n) is 3.34. The van der Waals surface area contributed by atoms with E-state index >= 15 is 0 Å². The number of nitrogens with one attached hydrogen (secondary N) is 2. The number of aromatic nitrogens is 2. The van der Waals surface area contributed by atoms with Crippen LogP contribution in [-0.2, 0) is 11.2 Å². The molecular formula is C9H12N2O5. The van der Waals surface area contributed by atoms with Gasteiger partial charge in [0, 0.05) is 6.42 Å². The smallest absolute Gasteiger partial charge is 0.328 e. The zero-order valence-corrected chi connectivity index (χ0v) is 8.45. The minimum Gasteiger partial charge on any atom is -0.494 e. The van der Waals surface area contributed by atoms with E-state index in [1.54, 1.807) is 0 Å². The molecule has 88 valence electrons. The molecule has 0 aliphatic rings. The van der Waals surface area contributed by atoms with Crippen molar-refractivity contribution in [3.05, 3.63) is 26.4 Å². The maximum Gasteiger partial charge on any atom is 0.328 e. The average molecular weight is 228 g/mol. The van der Waals surface area contributed by atoms with Crippen LogP contribution in [0.5, 0.6) is 5.88 Å². The first-order valence-electron chi connectivity index (χ1n) is 4.77. The monoisotopic (exact) mass is 228 g/mol. The highest BCUT2D eigenvalue weighted by molar-refractivity contribution is 5.66. The Labute approximate surface area is 89.8 Å². The second-order valence-corrected chi connectivity index (χ2v) is 3.34. The number of aliphatic carboxylic acids is 1. The number of H-pyrrole nitrogens is 2. The van der Waals surface area contributed by atoms with E-state index in [0.717, 1.165) is 0 Å². The van der Waals surface area contributed by atoms with Gasteiger partial charge in [-0.25, -0.2) is 4.79 Å². The molecule has 0 spiro atoms. The van der Waals surface area contributed by atoms with Crippen LogP contribution >= 0.6 is 0 Å². The zero-order valence-electron chi connectivity index (χ0n) is 8.45. The number of aromatic amines is 2. The van der Waals surface area contributed by atoms with Gasteiger partial charge in [0.05, 0.1) is 5.56 Å². The lowest BCUT2D eigenvalue weighted by molar-refractivity contribution is -0.137. The molecular weight excluding hydrogens is 216 g/mol. The maximum atomic E-state index is 11.2. The average Bonchev–Trinajstić information content (AvgIpc) is 2.14. The molecule has 0 fully saturated rings. The van der Waals surface area contributed by atoms with Crippen LogP contribution in [0.4, 0.5) is 0 Å². The number of aromatic hydroxyl groups is 1. The van der Waals surface area contributed by atoms with Crippen molar-refractivity contribution < 1.29 is 15.0 Å². The van der Waals surface area contributed by atoms with E-state index in [0.29, 0.717) is 12.8 Å². The number of carboxylic acids is 1. The van der Waals surface area contributed by atoms with Gasteiger partial charge in [0.25, 0.3) is 5.56 Å². The Morgan fingerprint density at radius 3 is 2.44 bits per heavy atom. The molecule has 0 aromatic carbocycles. The molecule has 0 saturated carbocycles. The van der Waals surface area contributed by atoms with E-state index in [1.807, 2.05) is 4.98 Å². The molecule has 1 rings (SSSR count). The van der Waals surface area contributed by atoms with Crippen LogP contribution in [0.2, 0.25) is 0 Å². The Kier molecular flexibility index (Phi) is 3.87. The van der Waals surface area contributed by atoms with Gasteiger partial charge in [-0.1, -0.05) is 0 Å². The summed E-state index contributed by atoms with van der Waals surface area (Å²) in [6.07, 6.45) is 1.11. The molecule has 7 heteroatoms. The summed E-state index contributed by atoms with van der Waals surface area (Å²) in [5.74, 6) is -1.36. The van der Waals surface area contributed by atoms with Crippen LogP contribution in [-0.4, -0.2) is 26.2 Å². The summed E-state index contributed by atoms with van der Waals surface area (Å²) in [6, 6.07) is 0. The first-order valence-corrected chi connectivity index (χ1v) is 4.77. The van der Waals surface area contributed by atoms with Gasteiger partial charge in [-0.05, 0) is 19.3 Å². The van der Waals surface area contributed by atoms with Crippen molar-refractivity contribution in [3.8, 4) is 5.88 Å². The second kappa shape index (κ2) is 5.15. The van der Waals surface area contributed by atoms with Crippen molar-refractivity contribution in [3.63, 3.8) is 0 Å². The van der Waals surface area contributed by atoms with Gasteiger partial charge in [0.15, 0.2) is 0 Å².